The second-order valence-electron chi connectivity index (χ2n) is 6.71. The summed E-state index contributed by atoms with van der Waals surface area (Å²) >= 11 is 0. The molecule has 0 spiro atoms. The molecule has 1 fully saturated rings. The van der Waals surface area contributed by atoms with Crippen molar-refractivity contribution >= 4 is 9.84 Å². The van der Waals surface area contributed by atoms with Crippen molar-refractivity contribution in [3.63, 3.8) is 0 Å². The first-order valence-corrected chi connectivity index (χ1v) is 10.7. The molecular weight excluding hydrogens is 304 g/mol. The first-order valence-electron chi connectivity index (χ1n) is 9.07. The average molecular weight is 335 g/mol. The van der Waals surface area contributed by atoms with Gasteiger partial charge in [0.2, 0.25) is 0 Å². The summed E-state index contributed by atoms with van der Waals surface area (Å²) in [6.45, 7) is 3.71. The van der Waals surface area contributed by atoms with Gasteiger partial charge in [0.1, 0.15) is 0 Å². The van der Waals surface area contributed by atoms with E-state index in [1.165, 1.54) is 44.1 Å². The van der Waals surface area contributed by atoms with Crippen molar-refractivity contribution in [2.75, 3.05) is 5.75 Å². The predicted molar refractivity (Wildman–Crippen MR) is 97.6 cm³/mol. The van der Waals surface area contributed by atoms with Crippen molar-refractivity contribution in [1.29, 1.82) is 0 Å². The Labute approximate surface area is 141 Å². The third kappa shape index (κ3) is 5.80. The summed E-state index contributed by atoms with van der Waals surface area (Å²) in [5.41, 5.74) is 1.31. The van der Waals surface area contributed by atoms with E-state index in [2.05, 4.69) is 6.58 Å². The first-order chi connectivity index (χ1) is 11.1. The van der Waals surface area contributed by atoms with E-state index in [0.717, 1.165) is 25.7 Å². The molecule has 2 rings (SSSR count). The Balaban J connectivity index is 1.78. The molecule has 0 unspecified atom stereocenters. The van der Waals surface area contributed by atoms with Gasteiger partial charge in [0.05, 0.1) is 10.6 Å². The van der Waals surface area contributed by atoms with Crippen LogP contribution in [0.15, 0.2) is 41.8 Å². The lowest BCUT2D eigenvalue weighted by atomic mass is 9.98. The van der Waals surface area contributed by atoms with Crippen LogP contribution >= 0.6 is 0 Å². The Morgan fingerprint density at radius 1 is 0.957 bits per heavy atom. The van der Waals surface area contributed by atoms with Crippen LogP contribution in [0.5, 0.6) is 0 Å². The van der Waals surface area contributed by atoms with Gasteiger partial charge in [-0.2, -0.15) is 0 Å². The standard InChI is InChI=1S/C20H30O2S/c1-2-3-4-5-6-7-10-17-23(21,22)20-15-13-19(14-16-20)18-11-8-9-12-18/h2,13-16,18H,1,3-12,17H2. The molecule has 1 aliphatic carbocycles. The normalized spacial score (nSPS) is 15.8. The summed E-state index contributed by atoms with van der Waals surface area (Å²) in [4.78, 5) is 0.492. The minimum atomic E-state index is -3.11. The second-order valence-corrected chi connectivity index (χ2v) is 8.82. The van der Waals surface area contributed by atoms with Crippen LogP contribution in [0, 0.1) is 0 Å². The lowest BCUT2D eigenvalue weighted by molar-refractivity contribution is 0.585. The van der Waals surface area contributed by atoms with Crippen molar-refractivity contribution in [2.45, 2.75) is 75.0 Å². The van der Waals surface area contributed by atoms with Gasteiger partial charge in [-0.1, -0.05) is 50.3 Å². The van der Waals surface area contributed by atoms with Crippen LogP contribution < -0.4 is 0 Å². The van der Waals surface area contributed by atoms with Crippen LogP contribution in [0.4, 0.5) is 0 Å². The number of allylic oxidation sites excluding steroid dienone is 1. The molecule has 0 aromatic heterocycles. The highest BCUT2D eigenvalue weighted by molar-refractivity contribution is 7.91. The first kappa shape index (κ1) is 18.3. The molecule has 1 aliphatic rings. The monoisotopic (exact) mass is 334 g/mol. The van der Waals surface area contributed by atoms with Crippen LogP contribution in [0.3, 0.4) is 0 Å². The lowest BCUT2D eigenvalue weighted by Gasteiger charge is -2.10. The van der Waals surface area contributed by atoms with Crippen molar-refractivity contribution < 1.29 is 8.42 Å². The van der Waals surface area contributed by atoms with Crippen molar-refractivity contribution in [1.82, 2.24) is 0 Å². The van der Waals surface area contributed by atoms with Gasteiger partial charge in [-0.15, -0.1) is 6.58 Å². The molecule has 0 saturated heterocycles. The number of rotatable bonds is 10. The van der Waals surface area contributed by atoms with Crippen molar-refractivity contribution in [3.05, 3.63) is 42.5 Å². The summed E-state index contributed by atoms with van der Waals surface area (Å²) in [5.74, 6) is 0.916. The maximum Gasteiger partial charge on any atom is 0.178 e. The van der Waals surface area contributed by atoms with Gasteiger partial charge in [0.15, 0.2) is 9.84 Å². The zero-order valence-corrected chi connectivity index (χ0v) is 15.0. The molecule has 0 amide bonds. The summed E-state index contributed by atoms with van der Waals surface area (Å²) < 4.78 is 24.8. The number of sulfone groups is 1. The van der Waals surface area contributed by atoms with Gasteiger partial charge >= 0.3 is 0 Å². The minimum absolute atomic E-state index is 0.275. The van der Waals surface area contributed by atoms with Gasteiger partial charge in [-0.05, 0) is 55.7 Å². The Hall–Kier alpha value is -1.09. The number of benzene rings is 1. The van der Waals surface area contributed by atoms with Crippen LogP contribution in [-0.4, -0.2) is 14.2 Å². The van der Waals surface area contributed by atoms with E-state index in [0.29, 0.717) is 10.8 Å². The molecule has 1 aromatic rings. The predicted octanol–water partition coefficient (Wildman–Crippen LogP) is 5.64. The highest BCUT2D eigenvalue weighted by atomic mass is 32.2. The van der Waals surface area contributed by atoms with Gasteiger partial charge in [0, 0.05) is 0 Å². The zero-order chi connectivity index (χ0) is 16.5. The molecule has 23 heavy (non-hydrogen) atoms. The molecule has 3 heteroatoms. The molecular formula is C20H30O2S. The third-order valence-electron chi connectivity index (χ3n) is 4.89. The summed E-state index contributed by atoms with van der Waals surface area (Å²) in [7, 11) is -3.11. The van der Waals surface area contributed by atoms with Crippen LogP contribution in [0.2, 0.25) is 0 Å². The van der Waals surface area contributed by atoms with Gasteiger partial charge in [-0.25, -0.2) is 8.42 Å². The third-order valence-corrected chi connectivity index (χ3v) is 6.70. The number of unbranched alkanes of at least 4 members (excludes halogenated alkanes) is 5. The highest BCUT2D eigenvalue weighted by Crippen LogP contribution is 2.34. The quantitative estimate of drug-likeness (QED) is 0.409. The molecule has 1 aromatic carbocycles. The summed E-state index contributed by atoms with van der Waals surface area (Å²) in [6, 6.07) is 7.68. The molecule has 128 valence electrons. The van der Waals surface area contributed by atoms with E-state index < -0.39 is 9.84 Å². The van der Waals surface area contributed by atoms with Gasteiger partial charge in [-0.3, -0.25) is 0 Å². The summed E-state index contributed by atoms with van der Waals surface area (Å²) in [6.07, 6.45) is 13.3. The van der Waals surface area contributed by atoms with Crippen LogP contribution in [-0.2, 0) is 9.84 Å². The van der Waals surface area contributed by atoms with Crippen molar-refractivity contribution in [2.24, 2.45) is 0 Å². The Morgan fingerprint density at radius 2 is 1.57 bits per heavy atom. The lowest BCUT2D eigenvalue weighted by Crippen LogP contribution is -2.07. The largest absolute Gasteiger partial charge is 0.224 e. The fourth-order valence-corrected chi connectivity index (χ4v) is 4.81. The van der Waals surface area contributed by atoms with E-state index in [1.807, 2.05) is 30.3 Å². The number of hydrogen-bond acceptors (Lipinski definition) is 2. The smallest absolute Gasteiger partial charge is 0.178 e. The van der Waals surface area contributed by atoms with E-state index >= 15 is 0 Å². The van der Waals surface area contributed by atoms with E-state index in [1.54, 1.807) is 0 Å². The molecule has 0 heterocycles. The SMILES string of the molecule is C=CCCCCCCCS(=O)(=O)c1ccc(C2CCCC2)cc1. The molecule has 2 nitrogen and oxygen atoms in total. The molecule has 0 atom stereocenters. The van der Waals surface area contributed by atoms with E-state index in [4.69, 9.17) is 0 Å². The number of hydrogen-bond donors (Lipinski definition) is 0. The van der Waals surface area contributed by atoms with Gasteiger partial charge < -0.3 is 0 Å². The zero-order valence-electron chi connectivity index (χ0n) is 14.2. The molecule has 0 bridgehead atoms. The summed E-state index contributed by atoms with van der Waals surface area (Å²) in [5, 5.41) is 0. The fourth-order valence-electron chi connectivity index (χ4n) is 3.44. The molecule has 0 radical (unpaired) electrons. The molecule has 0 N–H and O–H groups in total. The van der Waals surface area contributed by atoms with E-state index in [9.17, 15) is 8.42 Å². The molecule has 1 saturated carbocycles. The maximum atomic E-state index is 12.4. The minimum Gasteiger partial charge on any atom is -0.224 e. The van der Waals surface area contributed by atoms with E-state index in [-0.39, 0.29) is 5.75 Å². The Bertz CT molecular complexity index is 566. The van der Waals surface area contributed by atoms with Gasteiger partial charge in [0.25, 0.3) is 0 Å². The Kier molecular flexibility index (Phi) is 7.35. The average Bonchev–Trinajstić information content (AvgIpc) is 3.08. The second kappa shape index (κ2) is 9.27. The van der Waals surface area contributed by atoms with Crippen molar-refractivity contribution in [3.8, 4) is 0 Å². The molecule has 0 aliphatic heterocycles. The topological polar surface area (TPSA) is 34.1 Å². The maximum absolute atomic E-state index is 12.4. The highest BCUT2D eigenvalue weighted by Gasteiger charge is 2.18. The van der Waals surface area contributed by atoms with Crippen LogP contribution in [0.1, 0.15) is 75.7 Å². The fraction of sp³-hybridized carbons (Fsp3) is 0.600. The van der Waals surface area contributed by atoms with Crippen LogP contribution in [0.25, 0.3) is 0 Å². The Morgan fingerprint density at radius 3 is 2.22 bits per heavy atom.